The van der Waals surface area contributed by atoms with Crippen LogP contribution in [0.1, 0.15) is 23.2 Å². The summed E-state index contributed by atoms with van der Waals surface area (Å²) in [5, 5.41) is 2.49. The van der Waals surface area contributed by atoms with E-state index in [0.29, 0.717) is 19.2 Å². The van der Waals surface area contributed by atoms with Gasteiger partial charge in [-0.2, -0.15) is 0 Å². The number of carbonyl (C=O) groups is 2. The normalized spacial score (nSPS) is 16.0. The standard InChI is InChI=1S/C16H21F2N3O2/c1-20-7-2-8-21(10-9-20)15(22)5-6-19-16(23)13-4-3-12(17)11-14(13)18/h3-4,11H,2,5-10H2,1H3,(H,19,23). The maximum atomic E-state index is 13.5. The molecule has 2 amide bonds. The molecular weight excluding hydrogens is 304 g/mol. The number of halogens is 2. The summed E-state index contributed by atoms with van der Waals surface area (Å²) < 4.78 is 26.3. The lowest BCUT2D eigenvalue weighted by atomic mass is 10.2. The van der Waals surface area contributed by atoms with Crippen molar-refractivity contribution in [2.24, 2.45) is 0 Å². The smallest absolute Gasteiger partial charge is 0.254 e. The second-order valence-electron chi connectivity index (χ2n) is 5.67. The van der Waals surface area contributed by atoms with Crippen molar-refractivity contribution in [1.82, 2.24) is 15.1 Å². The summed E-state index contributed by atoms with van der Waals surface area (Å²) in [6, 6.07) is 2.77. The van der Waals surface area contributed by atoms with E-state index in [1.54, 1.807) is 4.90 Å². The van der Waals surface area contributed by atoms with Crippen LogP contribution in [0.15, 0.2) is 18.2 Å². The highest BCUT2D eigenvalue weighted by molar-refractivity contribution is 5.94. The van der Waals surface area contributed by atoms with E-state index < -0.39 is 17.5 Å². The summed E-state index contributed by atoms with van der Waals surface area (Å²) in [7, 11) is 2.02. The second kappa shape index (κ2) is 8.01. The molecule has 0 aromatic heterocycles. The molecule has 126 valence electrons. The third-order valence-corrected chi connectivity index (χ3v) is 3.87. The summed E-state index contributed by atoms with van der Waals surface area (Å²) in [6.07, 6.45) is 1.09. The number of hydrogen-bond donors (Lipinski definition) is 1. The molecule has 0 atom stereocenters. The zero-order valence-electron chi connectivity index (χ0n) is 13.1. The third kappa shape index (κ3) is 4.99. The molecule has 1 saturated heterocycles. The van der Waals surface area contributed by atoms with Crippen molar-refractivity contribution in [2.45, 2.75) is 12.8 Å². The Kier molecular flexibility index (Phi) is 6.04. The molecule has 0 unspecified atom stereocenters. The first-order valence-electron chi connectivity index (χ1n) is 7.67. The molecule has 0 radical (unpaired) electrons. The van der Waals surface area contributed by atoms with Gasteiger partial charge in [-0.25, -0.2) is 8.78 Å². The number of amides is 2. The van der Waals surface area contributed by atoms with Crippen LogP contribution < -0.4 is 5.32 Å². The van der Waals surface area contributed by atoms with E-state index in [4.69, 9.17) is 0 Å². The summed E-state index contributed by atoms with van der Waals surface area (Å²) >= 11 is 0. The number of rotatable bonds is 4. The highest BCUT2D eigenvalue weighted by Gasteiger charge is 2.18. The molecule has 2 rings (SSSR count). The average Bonchev–Trinajstić information content (AvgIpc) is 2.71. The maximum Gasteiger partial charge on any atom is 0.254 e. The molecule has 1 aromatic rings. The van der Waals surface area contributed by atoms with Crippen LogP contribution in [0.5, 0.6) is 0 Å². The van der Waals surface area contributed by atoms with Crippen LogP contribution in [0.2, 0.25) is 0 Å². The molecule has 0 bridgehead atoms. The summed E-state index contributed by atoms with van der Waals surface area (Å²) in [6.45, 7) is 3.31. The molecule has 23 heavy (non-hydrogen) atoms. The molecule has 0 saturated carbocycles. The quantitative estimate of drug-likeness (QED) is 0.906. The van der Waals surface area contributed by atoms with Crippen LogP contribution in [0.4, 0.5) is 8.78 Å². The predicted molar refractivity (Wildman–Crippen MR) is 82.0 cm³/mol. The molecule has 7 heteroatoms. The van der Waals surface area contributed by atoms with Gasteiger partial charge in [-0.1, -0.05) is 0 Å². The fourth-order valence-electron chi connectivity index (χ4n) is 2.51. The largest absolute Gasteiger partial charge is 0.351 e. The van der Waals surface area contributed by atoms with Gasteiger partial charge < -0.3 is 15.1 Å². The van der Waals surface area contributed by atoms with Gasteiger partial charge >= 0.3 is 0 Å². The maximum absolute atomic E-state index is 13.5. The van der Waals surface area contributed by atoms with Crippen LogP contribution >= 0.6 is 0 Å². The fraction of sp³-hybridized carbons (Fsp3) is 0.500. The number of nitrogens with one attached hydrogen (secondary N) is 1. The van der Waals surface area contributed by atoms with Gasteiger partial charge in [0.1, 0.15) is 11.6 Å². The van der Waals surface area contributed by atoms with Crippen molar-refractivity contribution in [3.63, 3.8) is 0 Å². The number of likely N-dealkylation sites (N-methyl/N-ethyl adjacent to an activating group) is 1. The second-order valence-corrected chi connectivity index (χ2v) is 5.67. The van der Waals surface area contributed by atoms with Crippen molar-refractivity contribution < 1.29 is 18.4 Å². The Morgan fingerprint density at radius 3 is 2.70 bits per heavy atom. The molecule has 0 aliphatic carbocycles. The predicted octanol–water partition coefficient (Wildman–Crippen LogP) is 1.25. The van der Waals surface area contributed by atoms with Crippen molar-refractivity contribution in [1.29, 1.82) is 0 Å². The topological polar surface area (TPSA) is 52.6 Å². The van der Waals surface area contributed by atoms with Gasteiger partial charge in [-0.3, -0.25) is 9.59 Å². The molecule has 0 spiro atoms. The molecule has 1 heterocycles. The van der Waals surface area contributed by atoms with E-state index in [9.17, 15) is 18.4 Å². The van der Waals surface area contributed by atoms with E-state index >= 15 is 0 Å². The first kappa shape index (κ1) is 17.3. The SMILES string of the molecule is CN1CCCN(C(=O)CCNC(=O)c2ccc(F)cc2F)CC1. The Labute approximate surface area is 134 Å². The van der Waals surface area contributed by atoms with Gasteiger partial charge in [0.05, 0.1) is 5.56 Å². The summed E-state index contributed by atoms with van der Waals surface area (Å²) in [5.74, 6) is -2.32. The molecule has 1 N–H and O–H groups in total. The van der Waals surface area contributed by atoms with E-state index in [1.807, 2.05) is 7.05 Å². The van der Waals surface area contributed by atoms with Gasteiger partial charge in [0.25, 0.3) is 5.91 Å². The van der Waals surface area contributed by atoms with E-state index in [0.717, 1.165) is 31.6 Å². The number of hydrogen-bond acceptors (Lipinski definition) is 3. The van der Waals surface area contributed by atoms with Crippen LogP contribution in [0, 0.1) is 11.6 Å². The van der Waals surface area contributed by atoms with Crippen molar-refractivity contribution >= 4 is 11.8 Å². The minimum absolute atomic E-state index is 0.0276. The highest BCUT2D eigenvalue weighted by atomic mass is 19.1. The molecule has 1 aliphatic heterocycles. The zero-order valence-corrected chi connectivity index (χ0v) is 13.1. The van der Waals surface area contributed by atoms with Gasteiger partial charge in [0.15, 0.2) is 0 Å². The molecular formula is C16H21F2N3O2. The van der Waals surface area contributed by atoms with Crippen molar-refractivity contribution in [3.8, 4) is 0 Å². The molecule has 5 nitrogen and oxygen atoms in total. The number of nitrogens with zero attached hydrogens (tertiary/aromatic N) is 2. The lowest BCUT2D eigenvalue weighted by molar-refractivity contribution is -0.130. The van der Waals surface area contributed by atoms with Gasteiger partial charge in [0, 0.05) is 38.7 Å². The molecule has 1 fully saturated rings. The van der Waals surface area contributed by atoms with Crippen molar-refractivity contribution in [2.75, 3.05) is 39.8 Å². The Morgan fingerprint density at radius 1 is 1.17 bits per heavy atom. The summed E-state index contributed by atoms with van der Waals surface area (Å²) in [4.78, 5) is 27.9. The number of carbonyl (C=O) groups excluding carboxylic acids is 2. The first-order valence-corrected chi connectivity index (χ1v) is 7.67. The minimum atomic E-state index is -0.913. The van der Waals surface area contributed by atoms with Crippen molar-refractivity contribution in [3.05, 3.63) is 35.4 Å². The Hall–Kier alpha value is -2.02. The van der Waals surface area contributed by atoms with E-state index in [-0.39, 0.29) is 24.4 Å². The zero-order chi connectivity index (χ0) is 16.8. The van der Waals surface area contributed by atoms with Gasteiger partial charge in [-0.05, 0) is 32.1 Å². The third-order valence-electron chi connectivity index (χ3n) is 3.87. The van der Waals surface area contributed by atoms with Crippen LogP contribution in [-0.4, -0.2) is 61.4 Å². The molecule has 1 aliphatic rings. The Balaban J connectivity index is 1.79. The van der Waals surface area contributed by atoms with Crippen LogP contribution in [0.25, 0.3) is 0 Å². The average molecular weight is 325 g/mol. The molecule has 1 aromatic carbocycles. The highest BCUT2D eigenvalue weighted by Crippen LogP contribution is 2.09. The summed E-state index contributed by atoms with van der Waals surface area (Å²) in [5.41, 5.74) is -0.227. The Bertz CT molecular complexity index is 580. The number of benzene rings is 1. The van der Waals surface area contributed by atoms with Gasteiger partial charge in [-0.15, -0.1) is 0 Å². The van der Waals surface area contributed by atoms with Crippen LogP contribution in [0.3, 0.4) is 0 Å². The van der Waals surface area contributed by atoms with Gasteiger partial charge in [0.2, 0.25) is 5.91 Å². The monoisotopic (exact) mass is 325 g/mol. The fourth-order valence-corrected chi connectivity index (χ4v) is 2.51. The van der Waals surface area contributed by atoms with E-state index in [1.165, 1.54) is 0 Å². The van der Waals surface area contributed by atoms with Crippen LogP contribution in [-0.2, 0) is 4.79 Å². The lowest BCUT2D eigenvalue weighted by Gasteiger charge is -2.20. The minimum Gasteiger partial charge on any atom is -0.351 e. The van der Waals surface area contributed by atoms with E-state index in [2.05, 4.69) is 10.2 Å². The first-order chi connectivity index (χ1) is 11.0. The Morgan fingerprint density at radius 2 is 1.96 bits per heavy atom. The lowest BCUT2D eigenvalue weighted by Crippen LogP contribution is -2.37.